The molecule has 1 aliphatic heterocycles. The first-order chi connectivity index (χ1) is 19.4. The summed E-state index contributed by atoms with van der Waals surface area (Å²) in [5, 5.41) is 5.20. The molecule has 0 aromatic heterocycles. The Morgan fingerprint density at radius 1 is 1.07 bits per heavy atom. The molecule has 0 aliphatic carbocycles. The number of ether oxygens (including phenoxy) is 1. The molecule has 2 atom stereocenters. The van der Waals surface area contributed by atoms with Crippen LogP contribution in [-0.2, 0) is 22.2 Å². The number of hydrogen-bond donors (Lipinski definition) is 2. The fourth-order valence-corrected chi connectivity index (χ4v) is 4.71. The fourth-order valence-electron chi connectivity index (χ4n) is 4.50. The van der Waals surface area contributed by atoms with E-state index in [1.54, 1.807) is 38.1 Å². The maximum absolute atomic E-state index is 13.9. The molecular formula is C29H26ClF4N3O4. The van der Waals surface area contributed by atoms with E-state index in [1.165, 1.54) is 23.1 Å². The third kappa shape index (κ3) is 6.79. The number of benzene rings is 3. The molecule has 3 aromatic carbocycles. The lowest BCUT2D eigenvalue weighted by atomic mass is 10.0. The topological polar surface area (TPSA) is 87.7 Å². The second-order valence-corrected chi connectivity index (χ2v) is 10.1. The van der Waals surface area contributed by atoms with Crippen molar-refractivity contribution in [1.82, 2.24) is 10.6 Å². The molecular weight excluding hydrogens is 566 g/mol. The van der Waals surface area contributed by atoms with Crippen molar-refractivity contribution in [2.45, 2.75) is 44.6 Å². The van der Waals surface area contributed by atoms with Gasteiger partial charge < -0.3 is 20.3 Å². The molecule has 0 saturated heterocycles. The molecule has 4 rings (SSSR count). The summed E-state index contributed by atoms with van der Waals surface area (Å²) < 4.78 is 60.3. The van der Waals surface area contributed by atoms with Gasteiger partial charge in [-0.05, 0) is 49.7 Å². The van der Waals surface area contributed by atoms with E-state index >= 15 is 0 Å². The van der Waals surface area contributed by atoms with Crippen LogP contribution in [0.5, 0.6) is 5.75 Å². The quantitative estimate of drug-likeness (QED) is 0.372. The minimum atomic E-state index is -4.81. The van der Waals surface area contributed by atoms with Gasteiger partial charge in [0.15, 0.2) is 0 Å². The molecule has 1 aliphatic rings. The van der Waals surface area contributed by atoms with Gasteiger partial charge in [0.25, 0.3) is 11.8 Å². The standard InChI is InChI=1S/C29H26ClF4N3O4/c1-16(2)37-24-12-11-18(31)14-25(24)41-15-23(28(37)40)36-27(39)22(13-17-7-3-6-10-21(17)30)35-26(38)19-8-4-5-9-20(19)29(32,33)34/h3-12,14,16,22-23H,13,15H2,1-2H3,(H,35,38)(H,36,39)/t22-,23?/m1/s1. The average molecular weight is 592 g/mol. The highest BCUT2D eigenvalue weighted by Crippen LogP contribution is 2.34. The molecule has 1 unspecified atom stereocenters. The number of nitrogens with zero attached hydrogens (tertiary/aromatic N) is 1. The lowest BCUT2D eigenvalue weighted by Crippen LogP contribution is -2.57. The molecule has 7 nitrogen and oxygen atoms in total. The van der Waals surface area contributed by atoms with E-state index in [1.807, 2.05) is 0 Å². The number of nitrogens with one attached hydrogen (secondary N) is 2. The smallest absolute Gasteiger partial charge is 0.417 e. The summed E-state index contributed by atoms with van der Waals surface area (Å²) in [6.07, 6.45) is -5.00. The molecule has 12 heteroatoms. The van der Waals surface area contributed by atoms with E-state index in [0.717, 1.165) is 24.3 Å². The third-order valence-corrected chi connectivity index (χ3v) is 6.80. The first kappa shape index (κ1) is 29.9. The number of halogens is 5. The van der Waals surface area contributed by atoms with Crippen LogP contribution in [0.3, 0.4) is 0 Å². The van der Waals surface area contributed by atoms with E-state index in [0.29, 0.717) is 11.3 Å². The Kier molecular flexibility index (Phi) is 8.86. The minimum Gasteiger partial charge on any atom is -0.489 e. The van der Waals surface area contributed by atoms with Crippen molar-refractivity contribution >= 4 is 35.0 Å². The first-order valence-electron chi connectivity index (χ1n) is 12.6. The number of hydrogen-bond acceptors (Lipinski definition) is 4. The Hall–Kier alpha value is -4.12. The summed E-state index contributed by atoms with van der Waals surface area (Å²) in [6.45, 7) is 3.11. The summed E-state index contributed by atoms with van der Waals surface area (Å²) in [5.41, 5.74) is -1.09. The second-order valence-electron chi connectivity index (χ2n) is 9.65. The maximum atomic E-state index is 13.9. The van der Waals surface area contributed by atoms with Crippen LogP contribution in [-0.4, -0.2) is 42.5 Å². The Morgan fingerprint density at radius 3 is 2.44 bits per heavy atom. The van der Waals surface area contributed by atoms with Crippen LogP contribution in [0.2, 0.25) is 5.02 Å². The average Bonchev–Trinajstić information content (AvgIpc) is 3.04. The summed E-state index contributed by atoms with van der Waals surface area (Å²) >= 11 is 6.26. The van der Waals surface area contributed by atoms with Crippen LogP contribution in [0.25, 0.3) is 0 Å². The van der Waals surface area contributed by atoms with Crippen LogP contribution in [0.4, 0.5) is 23.2 Å². The van der Waals surface area contributed by atoms with Gasteiger partial charge in [0.2, 0.25) is 5.91 Å². The van der Waals surface area contributed by atoms with Crippen molar-refractivity contribution in [1.29, 1.82) is 0 Å². The van der Waals surface area contributed by atoms with Crippen LogP contribution in [0.15, 0.2) is 66.7 Å². The van der Waals surface area contributed by atoms with E-state index in [-0.39, 0.29) is 23.8 Å². The zero-order chi connectivity index (χ0) is 29.9. The Morgan fingerprint density at radius 2 is 1.76 bits per heavy atom. The van der Waals surface area contributed by atoms with E-state index in [4.69, 9.17) is 16.3 Å². The van der Waals surface area contributed by atoms with Gasteiger partial charge in [-0.15, -0.1) is 0 Å². The number of carbonyl (C=O) groups is 3. The highest BCUT2D eigenvalue weighted by atomic mass is 35.5. The Balaban J connectivity index is 1.63. The SMILES string of the molecule is CC(C)N1C(=O)C(NC(=O)[C@@H](Cc2ccccc2Cl)NC(=O)c2ccccc2C(F)(F)F)COc2cc(F)ccc21. The third-order valence-electron chi connectivity index (χ3n) is 6.44. The zero-order valence-electron chi connectivity index (χ0n) is 22.0. The lowest BCUT2D eigenvalue weighted by Gasteiger charge is -2.29. The van der Waals surface area contributed by atoms with Crippen molar-refractivity contribution in [3.05, 3.63) is 94.3 Å². The van der Waals surface area contributed by atoms with Crippen molar-refractivity contribution < 1.29 is 36.7 Å². The molecule has 1 heterocycles. The second kappa shape index (κ2) is 12.2. The van der Waals surface area contributed by atoms with Gasteiger partial charge in [0.1, 0.15) is 30.3 Å². The largest absolute Gasteiger partial charge is 0.489 e. The molecule has 0 spiro atoms. The molecule has 3 amide bonds. The van der Waals surface area contributed by atoms with Gasteiger partial charge in [-0.3, -0.25) is 14.4 Å². The molecule has 3 aromatic rings. The molecule has 0 radical (unpaired) electrons. The highest BCUT2D eigenvalue weighted by Gasteiger charge is 2.38. The Bertz CT molecular complexity index is 1460. The van der Waals surface area contributed by atoms with Crippen LogP contribution >= 0.6 is 11.6 Å². The van der Waals surface area contributed by atoms with Gasteiger partial charge in [-0.1, -0.05) is 41.9 Å². The number of carbonyl (C=O) groups excluding carboxylic acids is 3. The van der Waals surface area contributed by atoms with Crippen molar-refractivity contribution in [2.75, 3.05) is 11.5 Å². The summed E-state index contributed by atoms with van der Waals surface area (Å²) in [6, 6.07) is 11.3. The van der Waals surface area contributed by atoms with Crippen LogP contribution < -0.4 is 20.3 Å². The first-order valence-corrected chi connectivity index (χ1v) is 13.0. The molecule has 2 N–H and O–H groups in total. The van der Waals surface area contributed by atoms with Gasteiger partial charge in [-0.25, -0.2) is 4.39 Å². The molecule has 216 valence electrons. The maximum Gasteiger partial charge on any atom is 0.417 e. The monoisotopic (exact) mass is 591 g/mol. The Labute approximate surface area is 238 Å². The highest BCUT2D eigenvalue weighted by molar-refractivity contribution is 6.31. The summed E-state index contributed by atoms with van der Waals surface area (Å²) in [7, 11) is 0. The predicted octanol–water partition coefficient (Wildman–Crippen LogP) is 5.16. The molecule has 0 fully saturated rings. The van der Waals surface area contributed by atoms with E-state index < -0.39 is 59.0 Å². The van der Waals surface area contributed by atoms with Crippen molar-refractivity contribution in [3.63, 3.8) is 0 Å². The molecule has 0 bridgehead atoms. The summed E-state index contributed by atoms with van der Waals surface area (Å²) in [4.78, 5) is 41.5. The predicted molar refractivity (Wildman–Crippen MR) is 144 cm³/mol. The van der Waals surface area contributed by atoms with Gasteiger partial charge in [0, 0.05) is 23.6 Å². The zero-order valence-corrected chi connectivity index (χ0v) is 22.7. The number of amides is 3. The molecule has 41 heavy (non-hydrogen) atoms. The van der Waals surface area contributed by atoms with Crippen LogP contribution in [0, 0.1) is 5.82 Å². The van der Waals surface area contributed by atoms with Crippen molar-refractivity contribution in [2.24, 2.45) is 0 Å². The number of anilines is 1. The number of alkyl halides is 3. The van der Waals surface area contributed by atoms with E-state index in [9.17, 15) is 31.9 Å². The van der Waals surface area contributed by atoms with E-state index in [2.05, 4.69) is 10.6 Å². The fraction of sp³-hybridized carbons (Fsp3) is 0.276. The van der Waals surface area contributed by atoms with Gasteiger partial charge in [0.05, 0.1) is 16.8 Å². The number of rotatable bonds is 7. The number of fused-ring (bicyclic) bond motifs is 1. The summed E-state index contributed by atoms with van der Waals surface area (Å²) in [5.74, 6) is -3.02. The van der Waals surface area contributed by atoms with Gasteiger partial charge in [-0.2, -0.15) is 13.2 Å². The normalized spacial score (nSPS) is 16.0. The minimum absolute atomic E-state index is 0.105. The van der Waals surface area contributed by atoms with Crippen LogP contribution in [0.1, 0.15) is 35.3 Å². The molecule has 0 saturated carbocycles. The lowest BCUT2D eigenvalue weighted by molar-refractivity contribution is -0.138. The van der Waals surface area contributed by atoms with Gasteiger partial charge >= 0.3 is 6.18 Å². The van der Waals surface area contributed by atoms with Crippen molar-refractivity contribution in [3.8, 4) is 5.75 Å².